The Bertz CT molecular complexity index is 973. The topological polar surface area (TPSA) is 64.7 Å². The van der Waals surface area contributed by atoms with Crippen LogP contribution in [0.25, 0.3) is 28.6 Å². The fourth-order valence-corrected chi connectivity index (χ4v) is 2.26. The van der Waals surface area contributed by atoms with Crippen LogP contribution in [0.15, 0.2) is 42.9 Å². The smallest absolute Gasteiger partial charge is 0.198 e. The van der Waals surface area contributed by atoms with Crippen molar-refractivity contribution in [2.24, 2.45) is 5.73 Å². The van der Waals surface area contributed by atoms with Gasteiger partial charge in [-0.1, -0.05) is 0 Å². The fraction of sp³-hybridized carbons (Fsp3) is 0. The van der Waals surface area contributed by atoms with Gasteiger partial charge in [-0.25, -0.2) is 27.5 Å². The Morgan fingerprint density at radius 3 is 2.44 bits per heavy atom. The molecule has 0 amide bonds. The van der Waals surface area contributed by atoms with Gasteiger partial charge in [0.05, 0.1) is 11.4 Å². The number of aromatic nitrogens is 3. The van der Waals surface area contributed by atoms with E-state index in [1.54, 1.807) is 12.1 Å². The predicted molar refractivity (Wildman–Crippen MR) is 83.8 cm³/mol. The Morgan fingerprint density at radius 1 is 0.880 bits per heavy atom. The Kier molecular flexibility index (Phi) is 4.42. The fourth-order valence-electron chi connectivity index (χ4n) is 2.26. The number of halogens is 4. The van der Waals surface area contributed by atoms with Crippen LogP contribution in [0.1, 0.15) is 5.82 Å². The second-order valence-corrected chi connectivity index (χ2v) is 4.91. The molecule has 0 bridgehead atoms. The number of nitrogens with two attached hydrogens (primary N) is 1. The zero-order chi connectivity index (χ0) is 18.0. The molecule has 1 aromatic carbocycles. The maximum atomic E-state index is 14.1. The van der Waals surface area contributed by atoms with Crippen LogP contribution < -0.4 is 5.73 Å². The summed E-state index contributed by atoms with van der Waals surface area (Å²) in [4.78, 5) is 12.2. The zero-order valence-electron chi connectivity index (χ0n) is 12.5. The van der Waals surface area contributed by atoms with Crippen molar-refractivity contribution in [2.45, 2.75) is 0 Å². The number of benzene rings is 1. The largest absolute Gasteiger partial charge is 0.404 e. The summed E-state index contributed by atoms with van der Waals surface area (Å²) in [7, 11) is 0. The van der Waals surface area contributed by atoms with Gasteiger partial charge in [-0.15, -0.1) is 0 Å². The van der Waals surface area contributed by atoms with E-state index in [2.05, 4.69) is 15.0 Å². The van der Waals surface area contributed by atoms with Crippen molar-refractivity contribution in [2.75, 3.05) is 0 Å². The molecule has 4 nitrogen and oxygen atoms in total. The molecule has 0 saturated carbocycles. The van der Waals surface area contributed by atoms with Gasteiger partial charge in [0.25, 0.3) is 0 Å². The molecule has 0 aliphatic heterocycles. The van der Waals surface area contributed by atoms with Gasteiger partial charge < -0.3 is 5.73 Å². The van der Waals surface area contributed by atoms with E-state index in [0.717, 1.165) is 0 Å². The van der Waals surface area contributed by atoms with Crippen molar-refractivity contribution in [3.63, 3.8) is 0 Å². The Hall–Kier alpha value is -3.29. The van der Waals surface area contributed by atoms with Gasteiger partial charge in [0.15, 0.2) is 29.1 Å². The Morgan fingerprint density at radius 2 is 1.68 bits per heavy atom. The molecule has 0 spiro atoms. The summed E-state index contributed by atoms with van der Waals surface area (Å²) < 4.78 is 54.5. The number of hydrogen-bond acceptors (Lipinski definition) is 4. The lowest BCUT2D eigenvalue weighted by atomic mass is 10.0. The summed E-state index contributed by atoms with van der Waals surface area (Å²) in [6.07, 6.45) is 5.45. The van der Waals surface area contributed by atoms with Crippen LogP contribution in [0.2, 0.25) is 0 Å². The van der Waals surface area contributed by atoms with Crippen LogP contribution in [-0.2, 0) is 0 Å². The lowest BCUT2D eigenvalue weighted by molar-refractivity contribution is 0.410. The monoisotopic (exact) mass is 346 g/mol. The van der Waals surface area contributed by atoms with Crippen molar-refractivity contribution in [3.8, 4) is 22.5 Å². The van der Waals surface area contributed by atoms with Crippen LogP contribution in [-0.4, -0.2) is 15.0 Å². The normalized spacial score (nSPS) is 11.2. The zero-order valence-corrected chi connectivity index (χ0v) is 12.5. The highest BCUT2D eigenvalue weighted by Gasteiger charge is 2.22. The van der Waals surface area contributed by atoms with Crippen molar-refractivity contribution >= 4 is 6.08 Å². The van der Waals surface area contributed by atoms with Gasteiger partial charge in [-0.05, 0) is 36.5 Å². The molecule has 0 unspecified atom stereocenters. The molecule has 3 rings (SSSR count). The van der Waals surface area contributed by atoms with Crippen molar-refractivity contribution in [3.05, 3.63) is 72.0 Å². The molecule has 25 heavy (non-hydrogen) atoms. The number of pyridine rings is 1. The summed E-state index contributed by atoms with van der Waals surface area (Å²) in [6, 6.07) is 5.16. The van der Waals surface area contributed by atoms with Crippen molar-refractivity contribution in [1.82, 2.24) is 15.0 Å². The number of hydrogen-bond donors (Lipinski definition) is 1. The van der Waals surface area contributed by atoms with E-state index in [4.69, 9.17) is 5.73 Å². The highest BCUT2D eigenvalue weighted by Crippen LogP contribution is 2.33. The highest BCUT2D eigenvalue weighted by molar-refractivity contribution is 5.79. The summed E-state index contributed by atoms with van der Waals surface area (Å²) >= 11 is 0. The minimum atomic E-state index is -1.90. The summed E-state index contributed by atoms with van der Waals surface area (Å²) in [5, 5.41) is 0. The Balaban J connectivity index is 2.23. The molecule has 3 aromatic rings. The number of nitrogens with zero attached hydrogens (tertiary/aromatic N) is 3. The minimum Gasteiger partial charge on any atom is -0.404 e. The van der Waals surface area contributed by atoms with Crippen molar-refractivity contribution < 1.29 is 17.6 Å². The molecule has 0 fully saturated rings. The third-order valence-electron chi connectivity index (χ3n) is 3.36. The van der Waals surface area contributed by atoms with Crippen LogP contribution in [0, 0.1) is 23.3 Å². The Labute approximate surface area is 139 Å². The molecule has 0 radical (unpaired) electrons. The molecular formula is C17H10F4N4. The second-order valence-electron chi connectivity index (χ2n) is 4.91. The second kappa shape index (κ2) is 6.68. The van der Waals surface area contributed by atoms with Crippen LogP contribution in [0.3, 0.4) is 0 Å². The first-order valence-electron chi connectivity index (χ1n) is 7.03. The molecule has 126 valence electrons. The van der Waals surface area contributed by atoms with E-state index < -0.39 is 28.8 Å². The average molecular weight is 346 g/mol. The third kappa shape index (κ3) is 3.06. The van der Waals surface area contributed by atoms with Crippen LogP contribution in [0.5, 0.6) is 0 Å². The predicted octanol–water partition coefficient (Wildman–Crippen LogP) is 3.69. The van der Waals surface area contributed by atoms with E-state index in [1.165, 1.54) is 30.7 Å². The van der Waals surface area contributed by atoms with Gasteiger partial charge in [-0.2, -0.15) is 0 Å². The maximum Gasteiger partial charge on any atom is 0.198 e. The molecular weight excluding hydrogens is 336 g/mol. The van der Waals surface area contributed by atoms with E-state index in [1.807, 2.05) is 0 Å². The third-order valence-corrected chi connectivity index (χ3v) is 3.36. The van der Waals surface area contributed by atoms with Crippen LogP contribution >= 0.6 is 0 Å². The van der Waals surface area contributed by atoms with E-state index in [-0.39, 0.29) is 11.5 Å². The summed E-state index contributed by atoms with van der Waals surface area (Å²) in [5.74, 6) is -6.54. The van der Waals surface area contributed by atoms with Gasteiger partial charge in [0.1, 0.15) is 0 Å². The van der Waals surface area contributed by atoms with Gasteiger partial charge >= 0.3 is 0 Å². The maximum absolute atomic E-state index is 14.1. The SMILES string of the molecule is NC=Cc1nccc(-c2cccnc2-c2cc(F)c(F)c(F)c2F)n1. The number of rotatable bonds is 3. The van der Waals surface area contributed by atoms with Crippen molar-refractivity contribution in [1.29, 1.82) is 0 Å². The quantitative estimate of drug-likeness (QED) is 0.446. The summed E-state index contributed by atoms with van der Waals surface area (Å²) in [6.45, 7) is 0. The van der Waals surface area contributed by atoms with Gasteiger partial charge in [0, 0.05) is 23.5 Å². The standard InChI is InChI=1S/C17H10F4N4/c18-11-8-10(14(19)16(21)15(11)20)17-9(2-1-6-24-17)12-4-7-23-13(25-12)3-5-22/h1-8H,22H2. The molecule has 0 aliphatic carbocycles. The first-order valence-corrected chi connectivity index (χ1v) is 7.03. The molecule has 0 atom stereocenters. The highest BCUT2D eigenvalue weighted by atomic mass is 19.2. The molecule has 0 aliphatic rings. The van der Waals surface area contributed by atoms with Gasteiger partial charge in [0.2, 0.25) is 0 Å². The minimum absolute atomic E-state index is 0.0841. The lowest BCUT2D eigenvalue weighted by Gasteiger charge is -2.10. The summed E-state index contributed by atoms with van der Waals surface area (Å²) in [5.41, 5.74) is 5.32. The first kappa shape index (κ1) is 16.6. The lowest BCUT2D eigenvalue weighted by Crippen LogP contribution is -2.01. The van der Waals surface area contributed by atoms with E-state index >= 15 is 0 Å². The molecule has 0 saturated heterocycles. The molecule has 2 heterocycles. The van der Waals surface area contributed by atoms with Gasteiger partial charge in [-0.3, -0.25) is 4.98 Å². The first-order chi connectivity index (χ1) is 12.0. The molecule has 8 heteroatoms. The average Bonchev–Trinajstić information content (AvgIpc) is 2.63. The van der Waals surface area contributed by atoms with E-state index in [9.17, 15) is 17.6 Å². The van der Waals surface area contributed by atoms with E-state index in [0.29, 0.717) is 17.3 Å². The molecule has 2 aromatic heterocycles. The van der Waals surface area contributed by atoms with Crippen LogP contribution in [0.4, 0.5) is 17.6 Å². The molecule has 2 N–H and O–H groups in total.